The molecule has 0 atom stereocenters. The summed E-state index contributed by atoms with van der Waals surface area (Å²) in [4.78, 5) is 17.9. The highest BCUT2D eigenvalue weighted by Crippen LogP contribution is 2.29. The molecule has 2 aromatic heterocycles. The minimum absolute atomic E-state index is 0.277. The summed E-state index contributed by atoms with van der Waals surface area (Å²) in [6.07, 6.45) is 3.63. The second kappa shape index (κ2) is 8.09. The second-order valence-corrected chi connectivity index (χ2v) is 7.81. The first-order valence-electron chi connectivity index (χ1n) is 8.72. The number of amides is 1. The van der Waals surface area contributed by atoms with Crippen molar-refractivity contribution in [2.45, 2.75) is 17.6 Å². The van der Waals surface area contributed by atoms with Gasteiger partial charge in [-0.3, -0.25) is 9.78 Å². The third-order valence-electron chi connectivity index (χ3n) is 4.34. The van der Waals surface area contributed by atoms with Crippen molar-refractivity contribution in [3.8, 4) is 0 Å². The Balaban J connectivity index is 1.44. The van der Waals surface area contributed by atoms with Gasteiger partial charge in [-0.2, -0.15) is 0 Å². The van der Waals surface area contributed by atoms with Crippen molar-refractivity contribution in [2.75, 3.05) is 5.32 Å². The summed E-state index contributed by atoms with van der Waals surface area (Å²) in [5.41, 5.74) is 3.31. The van der Waals surface area contributed by atoms with Crippen LogP contribution in [0.25, 0.3) is 11.0 Å². The van der Waals surface area contributed by atoms with E-state index in [4.69, 9.17) is 16.0 Å². The standard InChI is InChI=1S/C22H17ClN2O2S/c1-14-19-11-16(23)4-9-20(19)27-21(14)22(26)25-17-5-7-18(8-6-17)28-13-15-3-2-10-24-12-15/h2-12H,13H2,1H3,(H,25,26). The van der Waals surface area contributed by atoms with E-state index in [2.05, 4.69) is 16.4 Å². The van der Waals surface area contributed by atoms with E-state index in [-0.39, 0.29) is 5.91 Å². The molecule has 2 aromatic carbocycles. The van der Waals surface area contributed by atoms with Gasteiger partial charge in [-0.1, -0.05) is 17.7 Å². The van der Waals surface area contributed by atoms with E-state index in [0.29, 0.717) is 22.1 Å². The molecule has 0 aliphatic carbocycles. The van der Waals surface area contributed by atoms with Crippen molar-refractivity contribution in [2.24, 2.45) is 0 Å². The van der Waals surface area contributed by atoms with Crippen molar-refractivity contribution in [1.29, 1.82) is 0 Å². The van der Waals surface area contributed by atoms with Crippen molar-refractivity contribution in [3.05, 3.63) is 88.9 Å². The summed E-state index contributed by atoms with van der Waals surface area (Å²) in [5.74, 6) is 0.869. The maximum atomic E-state index is 12.6. The molecule has 0 saturated carbocycles. The number of pyridine rings is 1. The summed E-state index contributed by atoms with van der Waals surface area (Å²) in [5, 5.41) is 4.35. The van der Waals surface area contributed by atoms with Gasteiger partial charge < -0.3 is 9.73 Å². The van der Waals surface area contributed by atoms with Crippen molar-refractivity contribution in [1.82, 2.24) is 4.98 Å². The molecule has 140 valence electrons. The van der Waals surface area contributed by atoms with Gasteiger partial charge in [0.2, 0.25) is 0 Å². The first-order chi connectivity index (χ1) is 13.6. The van der Waals surface area contributed by atoms with Crippen molar-refractivity contribution < 1.29 is 9.21 Å². The highest BCUT2D eigenvalue weighted by molar-refractivity contribution is 7.98. The van der Waals surface area contributed by atoms with E-state index in [0.717, 1.165) is 21.6 Å². The number of furan rings is 1. The monoisotopic (exact) mass is 408 g/mol. The maximum Gasteiger partial charge on any atom is 0.291 e. The lowest BCUT2D eigenvalue weighted by atomic mass is 10.1. The fourth-order valence-electron chi connectivity index (χ4n) is 2.88. The molecule has 0 fully saturated rings. The van der Waals surface area contributed by atoms with Gasteiger partial charge in [0.05, 0.1) is 0 Å². The molecule has 4 aromatic rings. The molecule has 28 heavy (non-hydrogen) atoms. The lowest BCUT2D eigenvalue weighted by molar-refractivity contribution is 0.0998. The van der Waals surface area contributed by atoms with Crippen molar-refractivity contribution >= 4 is 45.9 Å². The SMILES string of the molecule is Cc1c(C(=O)Nc2ccc(SCc3cccnc3)cc2)oc2ccc(Cl)cc12. The Kier molecular flexibility index (Phi) is 5.37. The van der Waals surface area contributed by atoms with Crippen LogP contribution in [0.5, 0.6) is 0 Å². The van der Waals surface area contributed by atoms with Crippen LogP contribution in [0.1, 0.15) is 21.7 Å². The number of nitrogens with one attached hydrogen (secondary N) is 1. The number of benzene rings is 2. The number of thioether (sulfide) groups is 1. The zero-order chi connectivity index (χ0) is 19.5. The number of aromatic nitrogens is 1. The Morgan fingerprint density at radius 2 is 2.00 bits per heavy atom. The molecule has 0 aliphatic heterocycles. The van der Waals surface area contributed by atoms with E-state index >= 15 is 0 Å². The smallest absolute Gasteiger partial charge is 0.291 e. The predicted octanol–water partition coefficient (Wildman–Crippen LogP) is 6.33. The Morgan fingerprint density at radius 3 is 2.75 bits per heavy atom. The average molecular weight is 409 g/mol. The van der Waals surface area contributed by atoms with Crippen LogP contribution < -0.4 is 5.32 Å². The molecular weight excluding hydrogens is 392 g/mol. The van der Waals surface area contributed by atoms with Crippen LogP contribution in [-0.4, -0.2) is 10.9 Å². The molecule has 4 nitrogen and oxygen atoms in total. The van der Waals surface area contributed by atoms with Crippen LogP contribution in [0.3, 0.4) is 0 Å². The largest absolute Gasteiger partial charge is 0.451 e. The summed E-state index contributed by atoms with van der Waals surface area (Å²) in [7, 11) is 0. The first kappa shape index (κ1) is 18.6. The molecule has 0 saturated heterocycles. The number of carbonyl (C=O) groups excluding carboxylic acids is 1. The number of carbonyl (C=O) groups is 1. The van der Waals surface area contributed by atoms with Crippen LogP contribution >= 0.6 is 23.4 Å². The summed E-state index contributed by atoms with van der Waals surface area (Å²) in [6.45, 7) is 1.86. The zero-order valence-corrected chi connectivity index (χ0v) is 16.7. The van der Waals surface area contributed by atoms with E-state index in [9.17, 15) is 4.79 Å². The molecule has 0 unspecified atom stereocenters. The summed E-state index contributed by atoms with van der Waals surface area (Å²) >= 11 is 7.76. The van der Waals surface area contributed by atoms with Crippen LogP contribution in [0, 0.1) is 6.92 Å². The van der Waals surface area contributed by atoms with E-state index in [1.165, 1.54) is 5.56 Å². The minimum atomic E-state index is -0.277. The van der Waals surface area contributed by atoms with Gasteiger partial charge in [0, 0.05) is 44.7 Å². The fourth-order valence-corrected chi connectivity index (χ4v) is 3.89. The van der Waals surface area contributed by atoms with Gasteiger partial charge in [0.15, 0.2) is 5.76 Å². The van der Waals surface area contributed by atoms with Gasteiger partial charge in [-0.05, 0) is 61.0 Å². The Hall–Kier alpha value is -2.76. The maximum absolute atomic E-state index is 12.6. The molecule has 0 bridgehead atoms. The number of halogens is 1. The van der Waals surface area contributed by atoms with Gasteiger partial charge in [-0.15, -0.1) is 11.8 Å². The third-order valence-corrected chi connectivity index (χ3v) is 5.66. The molecule has 1 N–H and O–H groups in total. The molecule has 2 heterocycles. The predicted molar refractivity (Wildman–Crippen MR) is 114 cm³/mol. The number of rotatable bonds is 5. The topological polar surface area (TPSA) is 55.1 Å². The fraction of sp³-hybridized carbons (Fsp3) is 0.0909. The van der Waals surface area contributed by atoms with Gasteiger partial charge in [0.1, 0.15) is 5.58 Å². The first-order valence-corrected chi connectivity index (χ1v) is 10.1. The Labute approximate surface area is 171 Å². The van der Waals surface area contributed by atoms with Gasteiger partial charge >= 0.3 is 0 Å². The number of fused-ring (bicyclic) bond motifs is 1. The molecule has 0 radical (unpaired) electrons. The molecular formula is C22H17ClN2O2S. The number of anilines is 1. The Morgan fingerprint density at radius 1 is 1.18 bits per heavy atom. The second-order valence-electron chi connectivity index (χ2n) is 6.33. The van der Waals surface area contributed by atoms with Crippen molar-refractivity contribution in [3.63, 3.8) is 0 Å². The highest BCUT2D eigenvalue weighted by atomic mass is 35.5. The average Bonchev–Trinajstić information content (AvgIpc) is 3.04. The van der Waals surface area contributed by atoms with E-state index < -0.39 is 0 Å². The van der Waals surface area contributed by atoms with E-state index in [1.807, 2.05) is 43.5 Å². The normalized spacial score (nSPS) is 10.9. The number of hydrogen-bond donors (Lipinski definition) is 1. The summed E-state index contributed by atoms with van der Waals surface area (Å²) in [6, 6.07) is 17.1. The number of aryl methyl sites for hydroxylation is 1. The number of hydrogen-bond acceptors (Lipinski definition) is 4. The molecule has 6 heteroatoms. The lowest BCUT2D eigenvalue weighted by Crippen LogP contribution is -2.11. The third kappa shape index (κ3) is 4.06. The van der Waals surface area contributed by atoms with Gasteiger partial charge in [0.25, 0.3) is 5.91 Å². The van der Waals surface area contributed by atoms with Gasteiger partial charge in [-0.25, -0.2) is 0 Å². The quantitative estimate of drug-likeness (QED) is 0.392. The summed E-state index contributed by atoms with van der Waals surface area (Å²) < 4.78 is 5.72. The van der Waals surface area contributed by atoms with Crippen LogP contribution in [0.15, 0.2) is 76.3 Å². The molecule has 0 aliphatic rings. The zero-order valence-electron chi connectivity index (χ0n) is 15.1. The van der Waals surface area contributed by atoms with Crippen LogP contribution in [-0.2, 0) is 5.75 Å². The van der Waals surface area contributed by atoms with Crippen LogP contribution in [0.2, 0.25) is 5.02 Å². The molecule has 0 spiro atoms. The highest BCUT2D eigenvalue weighted by Gasteiger charge is 2.18. The minimum Gasteiger partial charge on any atom is -0.451 e. The lowest BCUT2D eigenvalue weighted by Gasteiger charge is -2.06. The molecule has 1 amide bonds. The number of nitrogens with zero attached hydrogens (tertiary/aromatic N) is 1. The Bertz CT molecular complexity index is 1120. The molecule has 4 rings (SSSR count). The van der Waals surface area contributed by atoms with Crippen LogP contribution in [0.4, 0.5) is 5.69 Å². The van der Waals surface area contributed by atoms with E-state index in [1.54, 1.807) is 36.2 Å².